The van der Waals surface area contributed by atoms with E-state index in [2.05, 4.69) is 81.4 Å². The van der Waals surface area contributed by atoms with Crippen LogP contribution in [0.15, 0.2) is 60.7 Å². The summed E-state index contributed by atoms with van der Waals surface area (Å²) in [6, 6.07) is 22.1. The maximum atomic E-state index is 2.39. The van der Waals surface area contributed by atoms with Crippen molar-refractivity contribution < 1.29 is 0 Å². The van der Waals surface area contributed by atoms with Gasteiger partial charge in [0.15, 0.2) is 0 Å². The molecule has 0 aromatic heterocycles. The quantitative estimate of drug-likeness (QED) is 0.365. The molecule has 0 saturated heterocycles. The Hall–Kier alpha value is -1.56. The molecule has 0 aliphatic carbocycles. The third-order valence-corrected chi connectivity index (χ3v) is 5.81. The predicted molar refractivity (Wildman–Crippen MR) is 111 cm³/mol. The summed E-state index contributed by atoms with van der Waals surface area (Å²) in [5.74, 6) is 2.29. The highest BCUT2D eigenvalue weighted by Crippen LogP contribution is 2.30. The molecule has 0 amide bonds. The minimum atomic E-state index is 0.679. The SMILES string of the molecule is CCC(CCCC[C@@H](CC)CC(C)c1ccccc1)c1ccccc1. The topological polar surface area (TPSA) is 0 Å². The summed E-state index contributed by atoms with van der Waals surface area (Å²) >= 11 is 0. The van der Waals surface area contributed by atoms with E-state index in [9.17, 15) is 0 Å². The molecule has 0 saturated carbocycles. The van der Waals surface area contributed by atoms with Crippen molar-refractivity contribution in [2.75, 3.05) is 0 Å². The van der Waals surface area contributed by atoms with Crippen molar-refractivity contribution in [3.63, 3.8) is 0 Å². The van der Waals surface area contributed by atoms with Crippen LogP contribution in [0, 0.1) is 5.92 Å². The first-order chi connectivity index (χ1) is 12.2. The summed E-state index contributed by atoms with van der Waals surface area (Å²) in [5, 5.41) is 0. The zero-order chi connectivity index (χ0) is 17.9. The fourth-order valence-corrected chi connectivity index (χ4v) is 4.06. The Kier molecular flexibility index (Phi) is 8.80. The van der Waals surface area contributed by atoms with Gasteiger partial charge in [-0.1, -0.05) is 107 Å². The van der Waals surface area contributed by atoms with Gasteiger partial charge in [0.1, 0.15) is 0 Å². The van der Waals surface area contributed by atoms with Gasteiger partial charge in [-0.05, 0) is 48.1 Å². The van der Waals surface area contributed by atoms with Crippen molar-refractivity contribution in [1.29, 1.82) is 0 Å². The average Bonchev–Trinajstić information content (AvgIpc) is 2.68. The molecule has 0 aliphatic heterocycles. The summed E-state index contributed by atoms with van der Waals surface area (Å²) < 4.78 is 0. The normalized spacial score (nSPS) is 14.8. The van der Waals surface area contributed by atoms with E-state index in [1.807, 2.05) is 0 Å². The molecular weight excluding hydrogens is 300 g/mol. The number of benzene rings is 2. The molecule has 0 heterocycles. The molecule has 2 aromatic carbocycles. The second-order valence-electron chi connectivity index (χ2n) is 7.62. The number of hydrogen-bond acceptors (Lipinski definition) is 0. The number of hydrogen-bond donors (Lipinski definition) is 0. The smallest absolute Gasteiger partial charge is 0.0165 e. The lowest BCUT2D eigenvalue weighted by molar-refractivity contribution is 0.384. The molecular formula is C25H36. The first-order valence-electron chi connectivity index (χ1n) is 10.3. The molecule has 3 atom stereocenters. The van der Waals surface area contributed by atoms with Gasteiger partial charge in [-0.3, -0.25) is 0 Å². The maximum Gasteiger partial charge on any atom is -0.0165 e. The van der Waals surface area contributed by atoms with Crippen molar-refractivity contribution in [2.45, 2.75) is 77.6 Å². The van der Waals surface area contributed by atoms with Gasteiger partial charge >= 0.3 is 0 Å². The lowest BCUT2D eigenvalue weighted by Crippen LogP contribution is -2.05. The first-order valence-corrected chi connectivity index (χ1v) is 10.3. The molecule has 2 aromatic rings. The van der Waals surface area contributed by atoms with Crippen molar-refractivity contribution >= 4 is 0 Å². The van der Waals surface area contributed by atoms with Gasteiger partial charge in [0.2, 0.25) is 0 Å². The van der Waals surface area contributed by atoms with Gasteiger partial charge in [-0.25, -0.2) is 0 Å². The van der Waals surface area contributed by atoms with Crippen LogP contribution in [0.4, 0.5) is 0 Å². The summed E-state index contributed by atoms with van der Waals surface area (Å²) in [7, 11) is 0. The van der Waals surface area contributed by atoms with Gasteiger partial charge < -0.3 is 0 Å². The van der Waals surface area contributed by atoms with Crippen LogP contribution in [0.2, 0.25) is 0 Å². The van der Waals surface area contributed by atoms with E-state index < -0.39 is 0 Å². The van der Waals surface area contributed by atoms with Crippen LogP contribution in [0.1, 0.15) is 88.7 Å². The Morgan fingerprint density at radius 3 is 1.80 bits per heavy atom. The molecule has 0 heteroatoms. The standard InChI is InChI=1S/C25H36/c1-4-22(20-21(3)24-16-8-6-9-17-24)14-12-13-15-23(5-2)25-18-10-7-11-19-25/h6-11,16-19,21-23H,4-5,12-15,20H2,1-3H3/t21?,22-,23?/m1/s1. The molecule has 25 heavy (non-hydrogen) atoms. The third-order valence-electron chi connectivity index (χ3n) is 5.81. The first kappa shape index (κ1) is 19.8. The molecule has 136 valence electrons. The van der Waals surface area contributed by atoms with E-state index in [1.165, 1.54) is 56.1 Å². The minimum Gasteiger partial charge on any atom is -0.0651 e. The molecule has 0 N–H and O–H groups in total. The van der Waals surface area contributed by atoms with Crippen molar-refractivity contribution in [3.05, 3.63) is 71.8 Å². The van der Waals surface area contributed by atoms with Crippen molar-refractivity contribution in [2.24, 2.45) is 5.92 Å². The van der Waals surface area contributed by atoms with Crippen molar-refractivity contribution in [1.82, 2.24) is 0 Å². The second kappa shape index (κ2) is 11.1. The minimum absolute atomic E-state index is 0.679. The molecule has 0 radical (unpaired) electrons. The van der Waals surface area contributed by atoms with E-state index in [0.29, 0.717) is 5.92 Å². The zero-order valence-corrected chi connectivity index (χ0v) is 16.5. The molecule has 0 aliphatic rings. The van der Waals surface area contributed by atoms with Crippen LogP contribution in [0.3, 0.4) is 0 Å². The van der Waals surface area contributed by atoms with Crippen LogP contribution in [0.5, 0.6) is 0 Å². The Balaban J connectivity index is 1.73. The van der Waals surface area contributed by atoms with Gasteiger partial charge in [0.05, 0.1) is 0 Å². The van der Waals surface area contributed by atoms with Crippen LogP contribution >= 0.6 is 0 Å². The molecule has 0 nitrogen and oxygen atoms in total. The Morgan fingerprint density at radius 1 is 0.680 bits per heavy atom. The van der Waals surface area contributed by atoms with Crippen LogP contribution in [-0.4, -0.2) is 0 Å². The Bertz CT molecular complexity index is 557. The van der Waals surface area contributed by atoms with E-state index in [4.69, 9.17) is 0 Å². The molecule has 0 spiro atoms. The molecule has 0 fully saturated rings. The molecule has 0 bridgehead atoms. The molecule has 2 unspecified atom stereocenters. The Morgan fingerprint density at radius 2 is 1.24 bits per heavy atom. The Labute approximate surface area is 155 Å². The largest absolute Gasteiger partial charge is 0.0651 e. The highest BCUT2D eigenvalue weighted by atomic mass is 14.2. The predicted octanol–water partition coefficient (Wildman–Crippen LogP) is 7.96. The van der Waals surface area contributed by atoms with Crippen LogP contribution in [0.25, 0.3) is 0 Å². The van der Waals surface area contributed by atoms with Gasteiger partial charge in [0.25, 0.3) is 0 Å². The third kappa shape index (κ3) is 6.69. The second-order valence-corrected chi connectivity index (χ2v) is 7.62. The summed E-state index contributed by atoms with van der Waals surface area (Å²) in [6.45, 7) is 7.08. The highest BCUT2D eigenvalue weighted by molar-refractivity contribution is 5.19. The van der Waals surface area contributed by atoms with Crippen molar-refractivity contribution in [3.8, 4) is 0 Å². The number of rotatable bonds is 11. The summed E-state index contributed by atoms with van der Waals surface area (Å²) in [5.41, 5.74) is 3.02. The highest BCUT2D eigenvalue weighted by Gasteiger charge is 2.14. The van der Waals surface area contributed by atoms with Crippen LogP contribution in [-0.2, 0) is 0 Å². The van der Waals surface area contributed by atoms with E-state index in [0.717, 1.165) is 11.8 Å². The summed E-state index contributed by atoms with van der Waals surface area (Å²) in [6.07, 6.45) is 9.37. The van der Waals surface area contributed by atoms with E-state index in [1.54, 1.807) is 0 Å². The fourth-order valence-electron chi connectivity index (χ4n) is 4.06. The van der Waals surface area contributed by atoms with E-state index in [-0.39, 0.29) is 0 Å². The monoisotopic (exact) mass is 336 g/mol. The van der Waals surface area contributed by atoms with Gasteiger partial charge in [0, 0.05) is 0 Å². The maximum absolute atomic E-state index is 2.39. The van der Waals surface area contributed by atoms with Gasteiger partial charge in [-0.2, -0.15) is 0 Å². The fraction of sp³-hybridized carbons (Fsp3) is 0.520. The molecule has 2 rings (SSSR count). The van der Waals surface area contributed by atoms with Gasteiger partial charge in [-0.15, -0.1) is 0 Å². The summed E-state index contributed by atoms with van der Waals surface area (Å²) in [4.78, 5) is 0. The zero-order valence-electron chi connectivity index (χ0n) is 16.5. The van der Waals surface area contributed by atoms with Crippen LogP contribution < -0.4 is 0 Å². The number of unbranched alkanes of at least 4 members (excludes halogenated alkanes) is 1. The lowest BCUT2D eigenvalue weighted by Gasteiger charge is -2.21. The lowest BCUT2D eigenvalue weighted by atomic mass is 9.85. The van der Waals surface area contributed by atoms with E-state index >= 15 is 0 Å². The average molecular weight is 337 g/mol.